The summed E-state index contributed by atoms with van der Waals surface area (Å²) in [6, 6.07) is 8.24. The summed E-state index contributed by atoms with van der Waals surface area (Å²) in [5.41, 5.74) is 2.12. The largest absolute Gasteiger partial charge is 0.394 e. The second-order valence-electron chi connectivity index (χ2n) is 8.79. The summed E-state index contributed by atoms with van der Waals surface area (Å²) in [6.07, 6.45) is 3.72. The Morgan fingerprint density at radius 1 is 1.24 bits per heavy atom. The number of likely N-dealkylation sites (tertiary alicyclic amines) is 1. The van der Waals surface area contributed by atoms with Crippen molar-refractivity contribution >= 4 is 5.91 Å². The molecule has 0 spiro atoms. The first-order valence-corrected chi connectivity index (χ1v) is 10.7. The second kappa shape index (κ2) is 7.54. The van der Waals surface area contributed by atoms with Crippen LogP contribution in [0.4, 0.5) is 0 Å². The van der Waals surface area contributed by atoms with Crippen LogP contribution in [0.2, 0.25) is 0 Å². The fourth-order valence-electron chi connectivity index (χ4n) is 5.68. The van der Waals surface area contributed by atoms with Crippen LogP contribution in [0.3, 0.4) is 0 Å². The molecule has 1 aromatic heterocycles. The molecule has 3 fully saturated rings. The van der Waals surface area contributed by atoms with Crippen molar-refractivity contribution in [2.75, 3.05) is 19.7 Å². The Bertz CT molecular complexity index is 884. The van der Waals surface area contributed by atoms with Crippen molar-refractivity contribution in [2.24, 2.45) is 11.8 Å². The molecule has 2 aromatic rings. The number of carbonyl (C=O) groups is 1. The van der Waals surface area contributed by atoms with Crippen LogP contribution >= 0.6 is 0 Å². The average Bonchev–Trinajstić information content (AvgIpc) is 3.17. The SMILES string of the molecule is Cc1ccccc1-c1noc(CN2C[C@H]3C[C@@H](C2)[C@H](CO)N2C(=O)CCC[C@@H]32)n1. The van der Waals surface area contributed by atoms with E-state index in [0.29, 0.717) is 36.5 Å². The third-order valence-electron chi connectivity index (χ3n) is 6.97. The molecule has 7 heteroatoms. The standard InChI is InChI=1S/C22H28N4O3/c1-14-5-2-3-6-17(14)22-23-20(29-24-22)12-25-10-15-9-16(11-25)19(13-27)26-18(15)7-4-8-21(26)28/h2-3,5-6,15-16,18-19,27H,4,7-13H2,1H3/t15-,16+,18+,19+/m1/s1. The Labute approximate surface area is 170 Å². The molecule has 3 aliphatic heterocycles. The Morgan fingerprint density at radius 2 is 2.07 bits per heavy atom. The molecule has 0 unspecified atom stereocenters. The lowest BCUT2D eigenvalue weighted by molar-refractivity contribution is -0.155. The molecule has 4 atom stereocenters. The van der Waals surface area contributed by atoms with Crippen molar-refractivity contribution in [2.45, 2.75) is 51.2 Å². The maximum atomic E-state index is 12.5. The van der Waals surface area contributed by atoms with Gasteiger partial charge in [-0.25, -0.2) is 0 Å². The fourth-order valence-corrected chi connectivity index (χ4v) is 5.68. The second-order valence-corrected chi connectivity index (χ2v) is 8.79. The number of aliphatic hydroxyl groups excluding tert-OH is 1. The Kier molecular flexibility index (Phi) is 4.87. The number of hydrogen-bond donors (Lipinski definition) is 1. The monoisotopic (exact) mass is 396 g/mol. The smallest absolute Gasteiger partial charge is 0.241 e. The summed E-state index contributed by atoms with van der Waals surface area (Å²) >= 11 is 0. The van der Waals surface area contributed by atoms with Crippen LogP contribution in [-0.4, -0.2) is 62.7 Å². The number of carbonyl (C=O) groups excluding carboxylic acids is 1. The van der Waals surface area contributed by atoms with Crippen molar-refractivity contribution in [3.05, 3.63) is 35.7 Å². The minimum absolute atomic E-state index is 0.0471. The Hall–Kier alpha value is -2.25. The highest BCUT2D eigenvalue weighted by atomic mass is 16.5. The number of hydrogen-bond acceptors (Lipinski definition) is 6. The van der Waals surface area contributed by atoms with Gasteiger partial charge in [-0.15, -0.1) is 0 Å². The summed E-state index contributed by atoms with van der Waals surface area (Å²) < 4.78 is 5.56. The van der Waals surface area contributed by atoms with Gasteiger partial charge in [0.05, 0.1) is 19.2 Å². The zero-order chi connectivity index (χ0) is 20.0. The van der Waals surface area contributed by atoms with Crippen LogP contribution in [-0.2, 0) is 11.3 Å². The van der Waals surface area contributed by atoms with Crippen molar-refractivity contribution in [3.63, 3.8) is 0 Å². The lowest BCUT2D eigenvalue weighted by Gasteiger charge is -2.56. The minimum Gasteiger partial charge on any atom is -0.394 e. The maximum absolute atomic E-state index is 12.5. The van der Waals surface area contributed by atoms with E-state index in [1.807, 2.05) is 36.1 Å². The third-order valence-corrected chi connectivity index (χ3v) is 6.97. The predicted molar refractivity (Wildman–Crippen MR) is 107 cm³/mol. The molecule has 0 aliphatic carbocycles. The van der Waals surface area contributed by atoms with Crippen LogP contribution in [0.15, 0.2) is 28.8 Å². The molecule has 1 N–H and O–H groups in total. The zero-order valence-electron chi connectivity index (χ0n) is 16.8. The number of nitrogens with zero attached hydrogens (tertiary/aromatic N) is 4. The average molecular weight is 396 g/mol. The van der Waals surface area contributed by atoms with Gasteiger partial charge in [-0.3, -0.25) is 9.69 Å². The molecule has 2 bridgehead atoms. The highest BCUT2D eigenvalue weighted by molar-refractivity contribution is 5.78. The number of aliphatic hydroxyl groups is 1. The first-order chi connectivity index (χ1) is 14.1. The van der Waals surface area contributed by atoms with E-state index in [9.17, 15) is 9.90 Å². The van der Waals surface area contributed by atoms with Crippen molar-refractivity contribution < 1.29 is 14.4 Å². The van der Waals surface area contributed by atoms with Crippen LogP contribution in [0.1, 0.15) is 37.1 Å². The van der Waals surface area contributed by atoms with Gasteiger partial charge in [-0.1, -0.05) is 29.4 Å². The van der Waals surface area contributed by atoms with E-state index in [2.05, 4.69) is 15.0 Å². The molecule has 3 aliphatic rings. The molecule has 29 heavy (non-hydrogen) atoms. The summed E-state index contributed by atoms with van der Waals surface area (Å²) in [4.78, 5) is 21.6. The number of amides is 1. The molecule has 3 saturated heterocycles. The van der Waals surface area contributed by atoms with Gasteiger partial charge in [0.15, 0.2) is 0 Å². The predicted octanol–water partition coefficient (Wildman–Crippen LogP) is 2.24. The minimum atomic E-state index is -0.0583. The van der Waals surface area contributed by atoms with E-state index in [0.717, 1.165) is 43.5 Å². The van der Waals surface area contributed by atoms with E-state index in [1.165, 1.54) is 0 Å². The maximum Gasteiger partial charge on any atom is 0.241 e. The summed E-state index contributed by atoms with van der Waals surface area (Å²) in [5, 5.41) is 14.2. The van der Waals surface area contributed by atoms with Gasteiger partial charge < -0.3 is 14.5 Å². The normalized spacial score (nSPS) is 29.7. The highest BCUT2D eigenvalue weighted by Gasteiger charge is 2.49. The van der Waals surface area contributed by atoms with Crippen LogP contribution in [0.25, 0.3) is 11.4 Å². The van der Waals surface area contributed by atoms with E-state index in [-0.39, 0.29) is 24.6 Å². The summed E-state index contributed by atoms with van der Waals surface area (Å²) in [5.74, 6) is 2.24. The van der Waals surface area contributed by atoms with Gasteiger partial charge in [0.2, 0.25) is 17.6 Å². The van der Waals surface area contributed by atoms with Gasteiger partial charge in [0.1, 0.15) is 0 Å². The number of benzene rings is 1. The molecule has 5 rings (SSSR count). The van der Waals surface area contributed by atoms with E-state index < -0.39 is 0 Å². The Balaban J connectivity index is 1.33. The van der Waals surface area contributed by atoms with Crippen LogP contribution in [0.5, 0.6) is 0 Å². The third kappa shape index (κ3) is 3.36. The summed E-state index contributed by atoms with van der Waals surface area (Å²) in [7, 11) is 0. The van der Waals surface area contributed by atoms with Crippen LogP contribution in [0, 0.1) is 18.8 Å². The van der Waals surface area contributed by atoms with Crippen LogP contribution < -0.4 is 0 Å². The molecule has 4 heterocycles. The Morgan fingerprint density at radius 3 is 2.90 bits per heavy atom. The van der Waals surface area contributed by atoms with Gasteiger partial charge in [-0.05, 0) is 43.6 Å². The van der Waals surface area contributed by atoms with Gasteiger partial charge in [0, 0.05) is 31.1 Å². The molecule has 0 radical (unpaired) electrons. The van der Waals surface area contributed by atoms with Crippen molar-refractivity contribution in [1.82, 2.24) is 19.9 Å². The number of rotatable bonds is 4. The first-order valence-electron chi connectivity index (χ1n) is 10.7. The lowest BCUT2D eigenvalue weighted by Crippen LogP contribution is -2.65. The molecule has 0 saturated carbocycles. The molecule has 1 aromatic carbocycles. The number of piperidine rings is 3. The molecule has 154 valence electrons. The van der Waals surface area contributed by atoms with Gasteiger partial charge >= 0.3 is 0 Å². The van der Waals surface area contributed by atoms with Crippen molar-refractivity contribution in [3.8, 4) is 11.4 Å². The number of aryl methyl sites for hydroxylation is 1. The molecular formula is C22H28N4O3. The highest BCUT2D eigenvalue weighted by Crippen LogP contribution is 2.41. The molecule has 1 amide bonds. The van der Waals surface area contributed by atoms with Gasteiger partial charge in [0.25, 0.3) is 0 Å². The quantitative estimate of drug-likeness (QED) is 0.853. The topological polar surface area (TPSA) is 82.7 Å². The molecular weight excluding hydrogens is 368 g/mol. The van der Waals surface area contributed by atoms with Crippen molar-refractivity contribution in [1.29, 1.82) is 0 Å². The fraction of sp³-hybridized carbons (Fsp3) is 0.591. The lowest BCUT2D eigenvalue weighted by atomic mass is 9.72. The zero-order valence-corrected chi connectivity index (χ0v) is 16.8. The number of aromatic nitrogens is 2. The first kappa shape index (κ1) is 18.8. The van der Waals surface area contributed by atoms with Gasteiger partial charge in [-0.2, -0.15) is 4.98 Å². The van der Waals surface area contributed by atoms with E-state index >= 15 is 0 Å². The van der Waals surface area contributed by atoms with E-state index in [1.54, 1.807) is 0 Å². The molecule has 7 nitrogen and oxygen atoms in total. The number of fused-ring (bicyclic) bond motifs is 4. The van der Waals surface area contributed by atoms with E-state index in [4.69, 9.17) is 4.52 Å². The summed E-state index contributed by atoms with van der Waals surface area (Å²) in [6.45, 7) is 4.49.